The number of fused-ring (bicyclic) bond motifs is 1. The van der Waals surface area contributed by atoms with E-state index in [1.165, 1.54) is 19.3 Å². The minimum Gasteiger partial charge on any atom is -0.350 e. The van der Waals surface area contributed by atoms with Crippen molar-refractivity contribution in [1.82, 2.24) is 15.5 Å². The minimum atomic E-state index is -0.425. The van der Waals surface area contributed by atoms with Gasteiger partial charge in [0, 0.05) is 31.6 Å². The Hall–Kier alpha value is -1.43. The van der Waals surface area contributed by atoms with Crippen molar-refractivity contribution in [3.63, 3.8) is 0 Å². The third-order valence-electron chi connectivity index (χ3n) is 7.48. The first kappa shape index (κ1) is 20.8. The lowest BCUT2D eigenvalue weighted by atomic mass is 9.58. The Morgan fingerprint density at radius 3 is 2.83 bits per heavy atom. The first-order valence-electron chi connectivity index (χ1n) is 11.6. The molecule has 4 N–H and O–H groups in total. The first-order valence-corrected chi connectivity index (χ1v) is 11.6. The van der Waals surface area contributed by atoms with E-state index in [0.29, 0.717) is 36.3 Å². The summed E-state index contributed by atoms with van der Waals surface area (Å²) in [7, 11) is 0. The van der Waals surface area contributed by atoms with Crippen molar-refractivity contribution in [2.24, 2.45) is 29.4 Å². The summed E-state index contributed by atoms with van der Waals surface area (Å²) in [6, 6.07) is 10.6. The standard InChI is InChI=1S/C24H38N4O/c1-17(2)15-28-16-20-12-19-14-27-24(20,22(28)21(19)10-6-7-11-25)23(29)26-13-18-8-4-3-5-9-18/h3-5,8-9,17,19-22,27H,6-7,10-16,25H2,1-2H3,(H,26,29). The number of nitrogens with zero attached hydrogens (tertiary/aromatic N) is 1. The van der Waals surface area contributed by atoms with E-state index >= 15 is 0 Å². The van der Waals surface area contributed by atoms with Gasteiger partial charge in [0.05, 0.1) is 0 Å². The van der Waals surface area contributed by atoms with E-state index in [9.17, 15) is 4.79 Å². The van der Waals surface area contributed by atoms with Crippen LogP contribution in [0.4, 0.5) is 0 Å². The Bertz CT molecular complexity index is 693. The van der Waals surface area contributed by atoms with Gasteiger partial charge in [-0.1, -0.05) is 50.6 Å². The number of benzene rings is 1. The monoisotopic (exact) mass is 398 g/mol. The molecule has 160 valence electrons. The molecule has 0 aromatic heterocycles. The van der Waals surface area contributed by atoms with E-state index in [1.807, 2.05) is 18.2 Å². The Balaban J connectivity index is 1.56. The van der Waals surface area contributed by atoms with E-state index in [2.05, 4.69) is 41.5 Å². The molecule has 3 heterocycles. The number of carbonyl (C=O) groups excluding carboxylic acids is 1. The highest BCUT2D eigenvalue weighted by Gasteiger charge is 2.67. The first-order chi connectivity index (χ1) is 14.1. The van der Waals surface area contributed by atoms with Crippen LogP contribution >= 0.6 is 0 Å². The number of nitrogens with one attached hydrogen (secondary N) is 2. The number of likely N-dealkylation sites (tertiary alicyclic amines) is 1. The van der Waals surface area contributed by atoms with Crippen LogP contribution in [0, 0.1) is 23.7 Å². The molecule has 1 saturated carbocycles. The molecular formula is C24H38N4O. The van der Waals surface area contributed by atoms with Crippen LogP contribution in [-0.4, -0.2) is 48.6 Å². The number of carbonyl (C=O) groups is 1. The van der Waals surface area contributed by atoms with Gasteiger partial charge in [-0.05, 0) is 55.7 Å². The summed E-state index contributed by atoms with van der Waals surface area (Å²) < 4.78 is 0. The quantitative estimate of drug-likeness (QED) is 0.559. The highest BCUT2D eigenvalue weighted by molar-refractivity contribution is 5.89. The number of nitrogens with two attached hydrogens (primary N) is 1. The molecule has 5 atom stereocenters. The summed E-state index contributed by atoms with van der Waals surface area (Å²) in [5, 5.41) is 7.07. The Kier molecular flexibility index (Phi) is 6.28. The molecule has 5 unspecified atom stereocenters. The van der Waals surface area contributed by atoms with Gasteiger partial charge in [0.25, 0.3) is 0 Å². The molecule has 3 aliphatic heterocycles. The molecule has 4 bridgehead atoms. The van der Waals surface area contributed by atoms with Crippen LogP contribution in [-0.2, 0) is 11.3 Å². The van der Waals surface area contributed by atoms with Gasteiger partial charge in [0.2, 0.25) is 5.91 Å². The van der Waals surface area contributed by atoms with Crippen LogP contribution < -0.4 is 16.4 Å². The molecule has 5 nitrogen and oxygen atoms in total. The fourth-order valence-electron chi connectivity index (χ4n) is 6.42. The van der Waals surface area contributed by atoms with Crippen molar-refractivity contribution in [1.29, 1.82) is 0 Å². The SMILES string of the molecule is CC(C)CN1CC2CC3CNC2(C(=O)NCc2ccccc2)C1C3CCCCN. The molecule has 1 aromatic rings. The molecule has 4 fully saturated rings. The number of amides is 1. The highest BCUT2D eigenvalue weighted by Crippen LogP contribution is 2.53. The van der Waals surface area contributed by atoms with Gasteiger partial charge in [0.1, 0.15) is 5.54 Å². The molecule has 0 radical (unpaired) electrons. The molecule has 1 amide bonds. The normalized spacial score (nSPS) is 33.4. The maximum Gasteiger partial charge on any atom is 0.242 e. The molecular weight excluding hydrogens is 360 g/mol. The topological polar surface area (TPSA) is 70.4 Å². The summed E-state index contributed by atoms with van der Waals surface area (Å²) in [4.78, 5) is 16.3. The van der Waals surface area contributed by atoms with Gasteiger partial charge in [-0.15, -0.1) is 0 Å². The molecule has 1 aliphatic carbocycles. The lowest BCUT2D eigenvalue weighted by Gasteiger charge is -2.56. The van der Waals surface area contributed by atoms with Crippen molar-refractivity contribution in [3.8, 4) is 0 Å². The zero-order valence-corrected chi connectivity index (χ0v) is 18.1. The average Bonchev–Trinajstić information content (AvgIpc) is 2.97. The van der Waals surface area contributed by atoms with Crippen molar-refractivity contribution in [2.45, 2.75) is 57.7 Å². The highest BCUT2D eigenvalue weighted by atomic mass is 16.2. The molecule has 1 aromatic carbocycles. The maximum atomic E-state index is 13.7. The summed E-state index contributed by atoms with van der Waals surface area (Å²) in [5.74, 6) is 2.55. The Labute approximate surface area is 175 Å². The fraction of sp³-hybridized carbons (Fsp3) is 0.708. The molecule has 4 aliphatic rings. The van der Waals surface area contributed by atoms with E-state index in [0.717, 1.165) is 38.2 Å². The van der Waals surface area contributed by atoms with Crippen LogP contribution in [0.1, 0.15) is 45.1 Å². The molecule has 5 rings (SSSR count). The molecule has 5 heteroatoms. The van der Waals surface area contributed by atoms with E-state index in [-0.39, 0.29) is 5.91 Å². The lowest BCUT2D eigenvalue weighted by Crippen LogP contribution is -2.76. The molecule has 29 heavy (non-hydrogen) atoms. The third-order valence-corrected chi connectivity index (χ3v) is 7.48. The number of hydrogen-bond donors (Lipinski definition) is 3. The van der Waals surface area contributed by atoms with Gasteiger partial charge >= 0.3 is 0 Å². The van der Waals surface area contributed by atoms with Gasteiger partial charge in [0.15, 0.2) is 0 Å². The van der Waals surface area contributed by atoms with E-state index in [4.69, 9.17) is 5.73 Å². The Morgan fingerprint density at radius 2 is 2.10 bits per heavy atom. The van der Waals surface area contributed by atoms with Crippen molar-refractivity contribution >= 4 is 5.91 Å². The zero-order chi connectivity index (χ0) is 20.4. The summed E-state index contributed by atoms with van der Waals surface area (Å²) in [6.07, 6.45) is 4.65. The number of unbranched alkanes of at least 4 members (excludes halogenated alkanes) is 1. The number of piperidine rings is 2. The lowest BCUT2D eigenvalue weighted by molar-refractivity contribution is -0.138. The second kappa shape index (κ2) is 8.75. The average molecular weight is 399 g/mol. The van der Waals surface area contributed by atoms with Gasteiger partial charge in [-0.25, -0.2) is 0 Å². The van der Waals surface area contributed by atoms with Gasteiger partial charge in [-0.2, -0.15) is 0 Å². The maximum absolute atomic E-state index is 13.7. The predicted octanol–water partition coefficient (Wildman–Crippen LogP) is 2.37. The van der Waals surface area contributed by atoms with E-state index in [1.54, 1.807) is 0 Å². The van der Waals surface area contributed by atoms with Crippen LogP contribution in [0.25, 0.3) is 0 Å². The second-order valence-corrected chi connectivity index (χ2v) is 9.85. The largest absolute Gasteiger partial charge is 0.350 e. The third kappa shape index (κ3) is 3.85. The predicted molar refractivity (Wildman–Crippen MR) is 117 cm³/mol. The van der Waals surface area contributed by atoms with Gasteiger partial charge < -0.3 is 16.4 Å². The van der Waals surface area contributed by atoms with E-state index < -0.39 is 5.54 Å². The molecule has 3 saturated heterocycles. The fourth-order valence-corrected chi connectivity index (χ4v) is 6.42. The second-order valence-electron chi connectivity index (χ2n) is 9.85. The number of hydrogen-bond acceptors (Lipinski definition) is 4. The van der Waals surface area contributed by atoms with Crippen molar-refractivity contribution < 1.29 is 4.79 Å². The summed E-state index contributed by atoms with van der Waals surface area (Å²) in [6.45, 7) is 9.07. The van der Waals surface area contributed by atoms with Crippen LogP contribution in [0.3, 0.4) is 0 Å². The van der Waals surface area contributed by atoms with Crippen LogP contribution in [0.5, 0.6) is 0 Å². The zero-order valence-electron chi connectivity index (χ0n) is 18.1. The van der Waals surface area contributed by atoms with Gasteiger partial charge in [-0.3, -0.25) is 9.69 Å². The summed E-state index contributed by atoms with van der Waals surface area (Å²) >= 11 is 0. The Morgan fingerprint density at radius 1 is 1.31 bits per heavy atom. The van der Waals surface area contributed by atoms with Crippen LogP contribution in [0.15, 0.2) is 30.3 Å². The smallest absolute Gasteiger partial charge is 0.242 e. The van der Waals surface area contributed by atoms with Crippen molar-refractivity contribution in [3.05, 3.63) is 35.9 Å². The molecule has 0 spiro atoms. The summed E-state index contributed by atoms with van der Waals surface area (Å²) in [5.41, 5.74) is 6.51. The minimum absolute atomic E-state index is 0.213. The van der Waals surface area contributed by atoms with Crippen molar-refractivity contribution in [2.75, 3.05) is 26.2 Å². The number of rotatable bonds is 9. The van der Waals surface area contributed by atoms with Crippen LogP contribution in [0.2, 0.25) is 0 Å².